The van der Waals surface area contributed by atoms with Crippen molar-refractivity contribution in [2.45, 2.75) is 4.90 Å². The Hall–Kier alpha value is -2.48. The van der Waals surface area contributed by atoms with Crippen molar-refractivity contribution < 1.29 is 8.42 Å². The lowest BCUT2D eigenvalue weighted by atomic mass is 10.3. The van der Waals surface area contributed by atoms with E-state index in [1.165, 1.54) is 23.3 Å². The molecule has 0 spiro atoms. The zero-order valence-electron chi connectivity index (χ0n) is 10.4. The molecule has 0 aliphatic carbocycles. The zero-order valence-corrected chi connectivity index (χ0v) is 11.3. The molecule has 1 aromatic carbocycles. The van der Waals surface area contributed by atoms with E-state index in [9.17, 15) is 13.2 Å². The van der Waals surface area contributed by atoms with Crippen molar-refractivity contribution in [3.8, 4) is 5.69 Å². The number of H-pyrrole nitrogens is 1. The summed E-state index contributed by atoms with van der Waals surface area (Å²) in [5.41, 5.74) is 0.353. The van der Waals surface area contributed by atoms with Crippen molar-refractivity contribution in [1.29, 1.82) is 0 Å². The smallest absolute Gasteiger partial charge is 0.261 e. The minimum absolute atomic E-state index is 0.132. The van der Waals surface area contributed by atoms with Crippen LogP contribution in [0.15, 0.2) is 46.5 Å². The highest BCUT2D eigenvalue weighted by Gasteiger charge is 2.17. The maximum absolute atomic E-state index is 11.8. The molecular weight excluding hydrogens is 280 g/mol. The first kappa shape index (κ1) is 12.5. The lowest BCUT2D eigenvalue weighted by Crippen LogP contribution is -2.09. The van der Waals surface area contributed by atoms with Crippen LogP contribution in [0.3, 0.4) is 0 Å². The molecule has 2 heterocycles. The third-order valence-corrected chi connectivity index (χ3v) is 4.01. The first-order chi connectivity index (χ1) is 9.48. The van der Waals surface area contributed by atoms with E-state index in [2.05, 4.69) is 15.1 Å². The van der Waals surface area contributed by atoms with Crippen LogP contribution in [0.25, 0.3) is 16.7 Å². The number of fused-ring (bicyclic) bond motifs is 1. The number of aromatic nitrogens is 4. The van der Waals surface area contributed by atoms with Crippen molar-refractivity contribution >= 4 is 20.9 Å². The van der Waals surface area contributed by atoms with Gasteiger partial charge in [0, 0.05) is 6.26 Å². The third kappa shape index (κ3) is 1.90. The lowest BCUT2D eigenvalue weighted by molar-refractivity contribution is 0.601. The molecule has 0 fully saturated rings. The van der Waals surface area contributed by atoms with Gasteiger partial charge in [-0.3, -0.25) is 4.79 Å². The largest absolute Gasteiger partial charge is 0.312 e. The summed E-state index contributed by atoms with van der Waals surface area (Å²) >= 11 is 0. The molecule has 0 unspecified atom stereocenters. The summed E-state index contributed by atoms with van der Waals surface area (Å²) in [5.74, 6) is 0. The van der Waals surface area contributed by atoms with Crippen LogP contribution in [0.2, 0.25) is 0 Å². The van der Waals surface area contributed by atoms with Crippen molar-refractivity contribution in [2.75, 3.05) is 6.26 Å². The Morgan fingerprint density at radius 1 is 1.25 bits per heavy atom. The van der Waals surface area contributed by atoms with Gasteiger partial charge in [0.25, 0.3) is 5.56 Å². The highest BCUT2D eigenvalue weighted by molar-refractivity contribution is 7.90. The topological polar surface area (TPSA) is 97.7 Å². The van der Waals surface area contributed by atoms with Crippen LogP contribution in [0.1, 0.15) is 0 Å². The fourth-order valence-electron chi connectivity index (χ4n) is 1.98. The number of sulfone groups is 1. The van der Waals surface area contributed by atoms with Crippen molar-refractivity contribution in [1.82, 2.24) is 19.7 Å². The van der Waals surface area contributed by atoms with Gasteiger partial charge >= 0.3 is 0 Å². The number of para-hydroxylation sites is 1. The minimum Gasteiger partial charge on any atom is -0.312 e. The molecule has 1 N–H and O–H groups in total. The Balaban J connectivity index is 2.39. The van der Waals surface area contributed by atoms with Crippen molar-refractivity contribution in [3.63, 3.8) is 0 Å². The molecular formula is C12H10N4O3S. The van der Waals surface area contributed by atoms with E-state index >= 15 is 0 Å². The van der Waals surface area contributed by atoms with Gasteiger partial charge in [0.2, 0.25) is 0 Å². The van der Waals surface area contributed by atoms with Crippen LogP contribution < -0.4 is 5.56 Å². The van der Waals surface area contributed by atoms with Gasteiger partial charge in [-0.25, -0.2) is 18.1 Å². The molecule has 0 saturated carbocycles. The maximum Gasteiger partial charge on any atom is 0.261 e. The summed E-state index contributed by atoms with van der Waals surface area (Å²) in [4.78, 5) is 18.3. The maximum atomic E-state index is 11.8. The van der Waals surface area contributed by atoms with Crippen LogP contribution in [0, 0.1) is 0 Å². The zero-order chi connectivity index (χ0) is 14.3. The summed E-state index contributed by atoms with van der Waals surface area (Å²) in [6.07, 6.45) is 3.74. The molecule has 102 valence electrons. The number of aromatic amines is 1. The summed E-state index contributed by atoms with van der Waals surface area (Å²) in [7, 11) is -3.41. The Bertz CT molecular complexity index is 956. The van der Waals surface area contributed by atoms with Gasteiger partial charge in [0.15, 0.2) is 15.5 Å². The average Bonchev–Trinajstić information content (AvgIpc) is 2.83. The molecule has 0 amide bonds. The average molecular weight is 290 g/mol. The molecule has 8 heteroatoms. The van der Waals surface area contributed by atoms with E-state index in [-0.39, 0.29) is 10.5 Å². The molecule has 0 bridgehead atoms. The van der Waals surface area contributed by atoms with Gasteiger partial charge in [0.05, 0.1) is 23.1 Å². The summed E-state index contributed by atoms with van der Waals surface area (Å²) in [5, 5.41) is 4.37. The molecule has 0 aliphatic heterocycles. The Labute approximate surface area is 113 Å². The molecule has 7 nitrogen and oxygen atoms in total. The number of benzene rings is 1. The van der Waals surface area contributed by atoms with Crippen molar-refractivity contribution in [2.24, 2.45) is 0 Å². The van der Waals surface area contributed by atoms with Gasteiger partial charge in [-0.15, -0.1) is 0 Å². The molecule has 0 radical (unpaired) electrons. The van der Waals surface area contributed by atoms with Crippen LogP contribution in [0.5, 0.6) is 0 Å². The quantitative estimate of drug-likeness (QED) is 0.741. The second-order valence-electron chi connectivity index (χ2n) is 4.27. The van der Waals surface area contributed by atoms with Crippen molar-refractivity contribution in [3.05, 3.63) is 47.1 Å². The highest BCUT2D eigenvalue weighted by atomic mass is 32.2. The number of nitrogens with one attached hydrogen (secondary N) is 1. The van der Waals surface area contributed by atoms with E-state index in [4.69, 9.17) is 0 Å². The Kier molecular flexibility index (Phi) is 2.68. The lowest BCUT2D eigenvalue weighted by Gasteiger charge is -2.08. The predicted molar refractivity (Wildman–Crippen MR) is 72.6 cm³/mol. The first-order valence-corrected chi connectivity index (χ1v) is 7.58. The van der Waals surface area contributed by atoms with E-state index < -0.39 is 9.84 Å². The number of hydrogen-bond donors (Lipinski definition) is 1. The second-order valence-corrected chi connectivity index (χ2v) is 6.25. The van der Waals surface area contributed by atoms with E-state index in [1.54, 1.807) is 18.2 Å². The predicted octanol–water partition coefficient (Wildman–Crippen LogP) is 0.512. The number of hydrogen-bond acceptors (Lipinski definition) is 5. The highest BCUT2D eigenvalue weighted by Crippen LogP contribution is 2.21. The number of nitrogens with zero attached hydrogens (tertiary/aromatic N) is 3. The third-order valence-electron chi connectivity index (χ3n) is 2.86. The van der Waals surface area contributed by atoms with Gasteiger partial charge in [0.1, 0.15) is 5.39 Å². The van der Waals surface area contributed by atoms with Crippen LogP contribution in [-0.4, -0.2) is 34.4 Å². The normalized spacial score (nSPS) is 11.8. The molecule has 2 aromatic heterocycles. The first-order valence-electron chi connectivity index (χ1n) is 5.69. The van der Waals surface area contributed by atoms with Gasteiger partial charge < -0.3 is 4.98 Å². The molecule has 3 aromatic rings. The van der Waals surface area contributed by atoms with Gasteiger partial charge in [-0.1, -0.05) is 12.1 Å². The van der Waals surface area contributed by atoms with Crippen LogP contribution >= 0.6 is 0 Å². The summed E-state index contributed by atoms with van der Waals surface area (Å²) in [6, 6.07) is 6.44. The Morgan fingerprint density at radius 3 is 2.75 bits per heavy atom. The Morgan fingerprint density at radius 2 is 2.00 bits per heavy atom. The van der Waals surface area contributed by atoms with Gasteiger partial charge in [-0.2, -0.15) is 5.10 Å². The molecule has 20 heavy (non-hydrogen) atoms. The van der Waals surface area contributed by atoms with Crippen LogP contribution in [0.4, 0.5) is 0 Å². The van der Waals surface area contributed by atoms with Gasteiger partial charge in [-0.05, 0) is 12.1 Å². The molecule has 0 saturated heterocycles. The minimum atomic E-state index is -3.41. The number of rotatable bonds is 2. The molecule has 3 rings (SSSR count). The fraction of sp³-hybridized carbons (Fsp3) is 0.0833. The molecule has 0 atom stereocenters. The molecule has 0 aliphatic rings. The monoisotopic (exact) mass is 290 g/mol. The summed E-state index contributed by atoms with van der Waals surface area (Å²) < 4.78 is 25.0. The standard InChI is InChI=1S/C12H10N4O3S/c1-20(18,19)10-5-3-2-4-9(10)16-11-8(6-15-16)12(17)14-7-13-11/h2-7H,1H3,(H,13,14,17). The van der Waals surface area contributed by atoms with E-state index in [0.29, 0.717) is 16.7 Å². The summed E-state index contributed by atoms with van der Waals surface area (Å²) in [6.45, 7) is 0. The fourth-order valence-corrected chi connectivity index (χ4v) is 2.84. The SMILES string of the molecule is CS(=O)(=O)c1ccccc1-n1ncc2c(=O)[nH]cnc21. The van der Waals surface area contributed by atoms with E-state index in [1.807, 2.05) is 0 Å². The van der Waals surface area contributed by atoms with E-state index in [0.717, 1.165) is 6.26 Å². The van der Waals surface area contributed by atoms with Crippen LogP contribution in [-0.2, 0) is 9.84 Å². The second kappa shape index (κ2) is 4.27.